The molecule has 0 spiro atoms. The van der Waals surface area contributed by atoms with Crippen LogP contribution in [0.5, 0.6) is 0 Å². The molecule has 0 aliphatic heterocycles. The number of anilines is 1. The van der Waals surface area contributed by atoms with Gasteiger partial charge in [0.1, 0.15) is 5.82 Å². The SMILES string of the molecule is C[C@H](OC(=O)Cc1ccccc1F)C(=O)Nc1cccc2ccccc12. The van der Waals surface area contributed by atoms with E-state index in [1.54, 1.807) is 18.2 Å². The Hall–Kier alpha value is -3.21. The zero-order valence-corrected chi connectivity index (χ0v) is 14.2. The van der Waals surface area contributed by atoms with Gasteiger partial charge in [0, 0.05) is 11.1 Å². The molecule has 5 heteroatoms. The maximum absolute atomic E-state index is 13.6. The molecule has 0 heterocycles. The second-order valence-corrected chi connectivity index (χ2v) is 5.92. The number of carbonyl (C=O) groups excluding carboxylic acids is 2. The van der Waals surface area contributed by atoms with Crippen molar-refractivity contribution in [3.63, 3.8) is 0 Å². The molecular formula is C21H18FNO3. The van der Waals surface area contributed by atoms with Crippen molar-refractivity contribution in [3.05, 3.63) is 78.1 Å². The highest BCUT2D eigenvalue weighted by Gasteiger charge is 2.19. The van der Waals surface area contributed by atoms with E-state index in [-0.39, 0.29) is 12.0 Å². The van der Waals surface area contributed by atoms with Gasteiger partial charge in [-0.05, 0) is 30.0 Å². The monoisotopic (exact) mass is 351 g/mol. The number of carbonyl (C=O) groups is 2. The van der Waals surface area contributed by atoms with Crippen molar-refractivity contribution in [3.8, 4) is 0 Å². The molecule has 1 N–H and O–H groups in total. The Morgan fingerprint density at radius 3 is 2.50 bits per heavy atom. The van der Waals surface area contributed by atoms with Crippen LogP contribution in [0.1, 0.15) is 12.5 Å². The zero-order chi connectivity index (χ0) is 18.5. The number of esters is 1. The van der Waals surface area contributed by atoms with Crippen LogP contribution in [-0.4, -0.2) is 18.0 Å². The van der Waals surface area contributed by atoms with E-state index in [2.05, 4.69) is 5.32 Å². The largest absolute Gasteiger partial charge is 0.452 e. The quantitative estimate of drug-likeness (QED) is 0.705. The highest BCUT2D eigenvalue weighted by Crippen LogP contribution is 2.23. The van der Waals surface area contributed by atoms with Crippen molar-refractivity contribution in [1.29, 1.82) is 0 Å². The lowest BCUT2D eigenvalue weighted by molar-refractivity contribution is -0.152. The Bertz CT molecular complexity index is 949. The molecule has 1 atom stereocenters. The molecular weight excluding hydrogens is 333 g/mol. The van der Waals surface area contributed by atoms with Gasteiger partial charge < -0.3 is 10.1 Å². The predicted molar refractivity (Wildman–Crippen MR) is 98.2 cm³/mol. The summed E-state index contributed by atoms with van der Waals surface area (Å²) in [5.41, 5.74) is 0.879. The Balaban J connectivity index is 1.64. The lowest BCUT2D eigenvalue weighted by Gasteiger charge is -2.15. The number of hydrogen-bond donors (Lipinski definition) is 1. The van der Waals surface area contributed by atoms with Crippen LogP contribution in [0, 0.1) is 5.82 Å². The van der Waals surface area contributed by atoms with Crippen LogP contribution in [0.3, 0.4) is 0 Å². The van der Waals surface area contributed by atoms with Gasteiger partial charge in [0.25, 0.3) is 5.91 Å². The van der Waals surface area contributed by atoms with E-state index in [0.29, 0.717) is 5.69 Å². The van der Waals surface area contributed by atoms with Crippen LogP contribution in [0.25, 0.3) is 10.8 Å². The first-order valence-electron chi connectivity index (χ1n) is 8.26. The fourth-order valence-corrected chi connectivity index (χ4v) is 2.66. The molecule has 0 fully saturated rings. The number of nitrogens with one attached hydrogen (secondary N) is 1. The number of halogens is 1. The average molecular weight is 351 g/mol. The van der Waals surface area contributed by atoms with Crippen LogP contribution in [0.15, 0.2) is 66.7 Å². The average Bonchev–Trinajstić information content (AvgIpc) is 2.64. The predicted octanol–water partition coefficient (Wildman–Crippen LogP) is 4.09. The van der Waals surface area contributed by atoms with Crippen LogP contribution >= 0.6 is 0 Å². The molecule has 0 saturated heterocycles. The third-order valence-electron chi connectivity index (χ3n) is 4.02. The summed E-state index contributed by atoms with van der Waals surface area (Å²) in [6.07, 6.45) is -1.22. The fraction of sp³-hybridized carbons (Fsp3) is 0.143. The van der Waals surface area contributed by atoms with Gasteiger partial charge in [-0.1, -0.05) is 54.6 Å². The van der Waals surface area contributed by atoms with E-state index in [0.717, 1.165) is 10.8 Å². The first-order chi connectivity index (χ1) is 12.5. The molecule has 3 aromatic carbocycles. The van der Waals surface area contributed by atoms with Gasteiger partial charge in [0.15, 0.2) is 6.10 Å². The normalized spacial score (nSPS) is 11.8. The zero-order valence-electron chi connectivity index (χ0n) is 14.2. The molecule has 0 aliphatic rings. The minimum atomic E-state index is -0.992. The Morgan fingerprint density at radius 2 is 1.69 bits per heavy atom. The molecule has 0 saturated carbocycles. The summed E-state index contributed by atoms with van der Waals surface area (Å²) in [5.74, 6) is -1.57. The van der Waals surface area contributed by atoms with Gasteiger partial charge in [-0.2, -0.15) is 0 Å². The third-order valence-corrected chi connectivity index (χ3v) is 4.02. The lowest BCUT2D eigenvalue weighted by atomic mass is 10.1. The van der Waals surface area contributed by atoms with Gasteiger partial charge in [0.05, 0.1) is 6.42 Å². The topological polar surface area (TPSA) is 55.4 Å². The lowest BCUT2D eigenvalue weighted by Crippen LogP contribution is -2.30. The smallest absolute Gasteiger partial charge is 0.311 e. The van der Waals surface area contributed by atoms with Gasteiger partial charge in [-0.15, -0.1) is 0 Å². The Kier molecular flexibility index (Phi) is 5.27. The first kappa shape index (κ1) is 17.6. The van der Waals surface area contributed by atoms with E-state index >= 15 is 0 Å². The van der Waals surface area contributed by atoms with Crippen molar-refractivity contribution in [2.75, 3.05) is 5.32 Å². The number of rotatable bonds is 5. The first-order valence-corrected chi connectivity index (χ1v) is 8.26. The summed E-state index contributed by atoms with van der Waals surface area (Å²) in [6.45, 7) is 1.49. The Labute approximate surface area is 150 Å². The van der Waals surface area contributed by atoms with Gasteiger partial charge in [-0.25, -0.2) is 4.39 Å². The third kappa shape index (κ3) is 4.06. The number of benzene rings is 3. The van der Waals surface area contributed by atoms with Gasteiger partial charge in [-0.3, -0.25) is 9.59 Å². The van der Waals surface area contributed by atoms with E-state index < -0.39 is 23.8 Å². The van der Waals surface area contributed by atoms with E-state index in [1.165, 1.54) is 19.1 Å². The number of ether oxygens (including phenoxy) is 1. The van der Waals surface area contributed by atoms with Crippen molar-refractivity contribution in [2.24, 2.45) is 0 Å². The summed E-state index contributed by atoms with van der Waals surface area (Å²) in [5, 5.41) is 4.67. The van der Waals surface area contributed by atoms with Crippen molar-refractivity contribution < 1.29 is 18.7 Å². The molecule has 4 nitrogen and oxygen atoms in total. The number of hydrogen-bond acceptors (Lipinski definition) is 3. The van der Waals surface area contributed by atoms with Crippen molar-refractivity contribution in [2.45, 2.75) is 19.4 Å². The second kappa shape index (κ2) is 7.78. The van der Waals surface area contributed by atoms with Crippen LogP contribution in [0.2, 0.25) is 0 Å². The van der Waals surface area contributed by atoms with Crippen molar-refractivity contribution >= 4 is 28.3 Å². The van der Waals surface area contributed by atoms with Crippen LogP contribution < -0.4 is 5.32 Å². The summed E-state index contributed by atoms with van der Waals surface area (Å²) < 4.78 is 18.7. The van der Waals surface area contributed by atoms with Gasteiger partial charge in [0.2, 0.25) is 0 Å². The second-order valence-electron chi connectivity index (χ2n) is 5.92. The van der Waals surface area contributed by atoms with Gasteiger partial charge >= 0.3 is 5.97 Å². The standard InChI is InChI=1S/C21H18FNO3/c1-14(26-20(24)13-16-8-3-5-11-18(16)22)21(25)23-19-12-6-9-15-7-2-4-10-17(15)19/h2-12,14H,13H2,1H3,(H,23,25)/t14-/m0/s1. The minimum absolute atomic E-state index is 0.224. The molecule has 0 radical (unpaired) electrons. The molecule has 1 amide bonds. The molecule has 132 valence electrons. The molecule has 26 heavy (non-hydrogen) atoms. The molecule has 3 aromatic rings. The maximum Gasteiger partial charge on any atom is 0.311 e. The minimum Gasteiger partial charge on any atom is -0.452 e. The molecule has 0 unspecified atom stereocenters. The fourth-order valence-electron chi connectivity index (χ4n) is 2.66. The molecule has 0 aromatic heterocycles. The maximum atomic E-state index is 13.6. The highest BCUT2D eigenvalue weighted by molar-refractivity contribution is 6.03. The van der Waals surface area contributed by atoms with E-state index in [1.807, 2.05) is 36.4 Å². The number of fused-ring (bicyclic) bond motifs is 1. The summed E-state index contributed by atoms with van der Waals surface area (Å²) in [4.78, 5) is 24.3. The molecule has 0 bridgehead atoms. The summed E-state index contributed by atoms with van der Waals surface area (Å²) >= 11 is 0. The molecule has 3 rings (SSSR count). The number of amides is 1. The van der Waals surface area contributed by atoms with E-state index in [9.17, 15) is 14.0 Å². The summed E-state index contributed by atoms with van der Waals surface area (Å²) in [6, 6.07) is 19.2. The van der Waals surface area contributed by atoms with E-state index in [4.69, 9.17) is 4.74 Å². The summed E-state index contributed by atoms with van der Waals surface area (Å²) in [7, 11) is 0. The Morgan fingerprint density at radius 1 is 1.00 bits per heavy atom. The van der Waals surface area contributed by atoms with Crippen LogP contribution in [0.4, 0.5) is 10.1 Å². The highest BCUT2D eigenvalue weighted by atomic mass is 19.1. The van der Waals surface area contributed by atoms with Crippen LogP contribution in [-0.2, 0) is 20.7 Å². The van der Waals surface area contributed by atoms with Crippen molar-refractivity contribution in [1.82, 2.24) is 0 Å². The molecule has 0 aliphatic carbocycles.